The van der Waals surface area contributed by atoms with Crippen LogP contribution in [0.4, 0.5) is 0 Å². The lowest BCUT2D eigenvalue weighted by Gasteiger charge is -2.25. The van der Waals surface area contributed by atoms with E-state index in [4.69, 9.17) is 16.3 Å². The smallest absolute Gasteiger partial charge is 0.0662 e. The first-order valence-corrected chi connectivity index (χ1v) is 5.22. The van der Waals surface area contributed by atoms with E-state index in [2.05, 4.69) is 18.3 Å². The summed E-state index contributed by atoms with van der Waals surface area (Å²) in [6.07, 6.45) is 0. The average molecular weight is 212 g/mol. The van der Waals surface area contributed by atoms with E-state index in [9.17, 15) is 0 Å². The molecule has 0 unspecified atom stereocenters. The number of halogens is 1. The van der Waals surface area contributed by atoms with Gasteiger partial charge in [0.05, 0.1) is 19.3 Å². The van der Waals surface area contributed by atoms with Gasteiger partial charge in [-0.05, 0) is 30.2 Å². The van der Waals surface area contributed by atoms with Crippen LogP contribution in [-0.4, -0.2) is 19.8 Å². The fourth-order valence-corrected chi connectivity index (χ4v) is 2.02. The molecule has 1 fully saturated rings. The summed E-state index contributed by atoms with van der Waals surface area (Å²) in [7, 11) is 0. The number of hydrogen-bond acceptors (Lipinski definition) is 2. The minimum Gasteiger partial charge on any atom is -0.378 e. The van der Waals surface area contributed by atoms with Crippen molar-refractivity contribution < 1.29 is 4.74 Å². The van der Waals surface area contributed by atoms with E-state index >= 15 is 0 Å². The fourth-order valence-electron chi connectivity index (χ4n) is 1.80. The van der Waals surface area contributed by atoms with E-state index in [1.807, 2.05) is 12.1 Å². The predicted octanol–water partition coefficient (Wildman–Crippen LogP) is 2.31. The molecule has 0 saturated carbocycles. The molecule has 1 heterocycles. The van der Waals surface area contributed by atoms with Crippen LogP contribution in [0.15, 0.2) is 18.2 Å². The Kier molecular flexibility index (Phi) is 3.06. The Hall–Kier alpha value is -0.570. The zero-order valence-corrected chi connectivity index (χ0v) is 8.97. The van der Waals surface area contributed by atoms with Crippen LogP contribution < -0.4 is 5.32 Å². The van der Waals surface area contributed by atoms with Gasteiger partial charge in [0.15, 0.2) is 0 Å². The Balaban J connectivity index is 2.22. The predicted molar refractivity (Wildman–Crippen MR) is 57.8 cm³/mol. The largest absolute Gasteiger partial charge is 0.378 e. The van der Waals surface area contributed by atoms with Crippen molar-refractivity contribution in [2.45, 2.75) is 13.0 Å². The van der Waals surface area contributed by atoms with E-state index in [1.165, 1.54) is 11.1 Å². The minimum absolute atomic E-state index is 0.320. The van der Waals surface area contributed by atoms with Gasteiger partial charge in [0.25, 0.3) is 0 Å². The summed E-state index contributed by atoms with van der Waals surface area (Å²) < 4.78 is 5.43. The Labute approximate surface area is 89.2 Å². The molecular formula is C11H14ClNO. The van der Waals surface area contributed by atoms with E-state index < -0.39 is 0 Å². The van der Waals surface area contributed by atoms with E-state index in [1.54, 1.807) is 0 Å². The van der Waals surface area contributed by atoms with Gasteiger partial charge in [-0.1, -0.05) is 17.7 Å². The van der Waals surface area contributed by atoms with Crippen LogP contribution in [0, 0.1) is 6.92 Å². The standard InChI is InChI=1S/C11H14ClNO/c1-8-6-9(12)2-3-10(8)11-7-14-5-4-13-11/h2-3,6,11,13H,4-5,7H2,1H3/t11-/m1/s1. The molecule has 1 N–H and O–H groups in total. The van der Waals surface area contributed by atoms with Crippen LogP contribution in [-0.2, 0) is 4.74 Å². The van der Waals surface area contributed by atoms with Crippen LogP contribution in [0.1, 0.15) is 17.2 Å². The first-order chi connectivity index (χ1) is 6.77. The topological polar surface area (TPSA) is 21.3 Å². The number of nitrogens with one attached hydrogen (secondary N) is 1. The maximum atomic E-state index is 5.90. The Morgan fingerprint density at radius 1 is 1.50 bits per heavy atom. The molecule has 0 radical (unpaired) electrons. The second-order valence-corrected chi connectivity index (χ2v) is 4.02. The number of aryl methyl sites for hydroxylation is 1. The summed E-state index contributed by atoms with van der Waals surface area (Å²) >= 11 is 5.90. The summed E-state index contributed by atoms with van der Waals surface area (Å²) in [5, 5.41) is 4.22. The second kappa shape index (κ2) is 4.30. The Bertz CT molecular complexity index is 321. The first kappa shape index (κ1) is 9.97. The van der Waals surface area contributed by atoms with Crippen LogP contribution in [0.3, 0.4) is 0 Å². The van der Waals surface area contributed by atoms with Crippen LogP contribution in [0.25, 0.3) is 0 Å². The molecule has 0 bridgehead atoms. The third kappa shape index (κ3) is 2.08. The number of benzene rings is 1. The number of ether oxygens (including phenoxy) is 1. The molecule has 1 aromatic carbocycles. The summed E-state index contributed by atoms with van der Waals surface area (Å²) in [6.45, 7) is 4.57. The highest BCUT2D eigenvalue weighted by Gasteiger charge is 2.16. The summed E-state index contributed by atoms with van der Waals surface area (Å²) in [5.41, 5.74) is 2.51. The minimum atomic E-state index is 0.320. The normalized spacial score (nSPS) is 22.3. The van der Waals surface area contributed by atoms with Crippen molar-refractivity contribution in [1.29, 1.82) is 0 Å². The van der Waals surface area contributed by atoms with Crippen molar-refractivity contribution in [3.63, 3.8) is 0 Å². The molecule has 0 aliphatic carbocycles. The number of morpholine rings is 1. The molecule has 1 aliphatic rings. The van der Waals surface area contributed by atoms with Gasteiger partial charge in [-0.25, -0.2) is 0 Å². The lowest BCUT2D eigenvalue weighted by Crippen LogP contribution is -2.34. The molecule has 1 atom stereocenters. The monoisotopic (exact) mass is 211 g/mol. The van der Waals surface area contributed by atoms with Crippen molar-refractivity contribution in [3.8, 4) is 0 Å². The van der Waals surface area contributed by atoms with Gasteiger partial charge in [-0.15, -0.1) is 0 Å². The SMILES string of the molecule is Cc1cc(Cl)ccc1[C@H]1COCCN1. The van der Waals surface area contributed by atoms with Crippen molar-refractivity contribution in [2.24, 2.45) is 0 Å². The molecule has 1 saturated heterocycles. The molecule has 2 rings (SSSR count). The maximum absolute atomic E-state index is 5.90. The van der Waals surface area contributed by atoms with Gasteiger partial charge in [-0.2, -0.15) is 0 Å². The Morgan fingerprint density at radius 2 is 2.36 bits per heavy atom. The van der Waals surface area contributed by atoms with E-state index in [-0.39, 0.29) is 0 Å². The van der Waals surface area contributed by atoms with E-state index in [0.717, 1.165) is 24.8 Å². The molecule has 1 aromatic rings. The van der Waals surface area contributed by atoms with Gasteiger partial charge < -0.3 is 10.1 Å². The van der Waals surface area contributed by atoms with Crippen molar-refractivity contribution in [2.75, 3.05) is 19.8 Å². The maximum Gasteiger partial charge on any atom is 0.0662 e. The van der Waals surface area contributed by atoms with Gasteiger partial charge in [-0.3, -0.25) is 0 Å². The van der Waals surface area contributed by atoms with Gasteiger partial charge in [0.1, 0.15) is 0 Å². The second-order valence-electron chi connectivity index (χ2n) is 3.58. The molecule has 2 nitrogen and oxygen atoms in total. The molecule has 76 valence electrons. The summed E-state index contributed by atoms with van der Waals surface area (Å²) in [6, 6.07) is 6.32. The molecule has 0 spiro atoms. The Morgan fingerprint density at radius 3 is 3.00 bits per heavy atom. The quantitative estimate of drug-likeness (QED) is 0.770. The van der Waals surface area contributed by atoms with Crippen LogP contribution >= 0.6 is 11.6 Å². The highest BCUT2D eigenvalue weighted by Crippen LogP contribution is 2.22. The van der Waals surface area contributed by atoms with Gasteiger partial charge in [0, 0.05) is 11.6 Å². The first-order valence-electron chi connectivity index (χ1n) is 4.84. The fraction of sp³-hybridized carbons (Fsp3) is 0.455. The molecule has 14 heavy (non-hydrogen) atoms. The lowest BCUT2D eigenvalue weighted by atomic mass is 10.0. The summed E-state index contributed by atoms with van der Waals surface area (Å²) in [4.78, 5) is 0. The van der Waals surface area contributed by atoms with Crippen molar-refractivity contribution in [3.05, 3.63) is 34.3 Å². The van der Waals surface area contributed by atoms with Crippen LogP contribution in [0.5, 0.6) is 0 Å². The molecule has 0 amide bonds. The van der Waals surface area contributed by atoms with Crippen molar-refractivity contribution in [1.82, 2.24) is 5.32 Å². The highest BCUT2D eigenvalue weighted by atomic mass is 35.5. The number of rotatable bonds is 1. The van der Waals surface area contributed by atoms with E-state index in [0.29, 0.717) is 6.04 Å². The third-order valence-corrected chi connectivity index (χ3v) is 2.76. The average Bonchev–Trinajstić information content (AvgIpc) is 2.19. The van der Waals surface area contributed by atoms with Gasteiger partial charge in [0.2, 0.25) is 0 Å². The molecule has 1 aliphatic heterocycles. The third-order valence-electron chi connectivity index (χ3n) is 2.53. The molecule has 3 heteroatoms. The van der Waals surface area contributed by atoms with Crippen molar-refractivity contribution >= 4 is 11.6 Å². The molecular weight excluding hydrogens is 198 g/mol. The lowest BCUT2D eigenvalue weighted by molar-refractivity contribution is 0.0767. The van der Waals surface area contributed by atoms with Gasteiger partial charge >= 0.3 is 0 Å². The number of hydrogen-bond donors (Lipinski definition) is 1. The highest BCUT2D eigenvalue weighted by molar-refractivity contribution is 6.30. The zero-order chi connectivity index (χ0) is 9.97. The zero-order valence-electron chi connectivity index (χ0n) is 8.22. The summed E-state index contributed by atoms with van der Waals surface area (Å²) in [5.74, 6) is 0. The van der Waals surface area contributed by atoms with Crippen LogP contribution in [0.2, 0.25) is 5.02 Å². The molecule has 0 aromatic heterocycles.